The minimum absolute atomic E-state index is 0. The summed E-state index contributed by atoms with van der Waals surface area (Å²) in [5.74, 6) is -3.98. The van der Waals surface area contributed by atoms with E-state index in [9.17, 15) is 52.6 Å². The van der Waals surface area contributed by atoms with Crippen LogP contribution >= 0.6 is 0 Å². The molecule has 0 amide bonds. The fourth-order valence-corrected chi connectivity index (χ4v) is 8.01. The molecule has 0 unspecified atom stereocenters. The van der Waals surface area contributed by atoms with E-state index in [1.165, 1.54) is 79.5 Å². The maximum Gasteiger partial charge on any atom is 1.00 e. The molecule has 3 aromatic rings. The second-order valence-corrected chi connectivity index (χ2v) is 16.2. The first kappa shape index (κ1) is 52.0. The van der Waals surface area contributed by atoms with Crippen LogP contribution in [0.25, 0.3) is 0 Å². The molecule has 65 heavy (non-hydrogen) atoms. The first-order valence-corrected chi connectivity index (χ1v) is 21.3. The Labute approximate surface area is 395 Å². The molecule has 14 atom stereocenters. The fourth-order valence-electron chi connectivity index (χ4n) is 7.52. The molecule has 6 rings (SSSR count). The van der Waals surface area contributed by atoms with Crippen LogP contribution < -0.4 is 29.6 Å². The summed E-state index contributed by atoms with van der Waals surface area (Å²) in [6.07, 6.45) is -23.1. The summed E-state index contributed by atoms with van der Waals surface area (Å²) in [6.45, 7) is 0.753. The molecule has 3 heterocycles. The van der Waals surface area contributed by atoms with Gasteiger partial charge in [0.05, 0.1) is 35.4 Å². The minimum Gasteiger partial charge on any atom is -0.726 e. The standard InChI is InChI=1S/C42H49NO20S.Na/c1-22-30(46)31(47)32(48)41(56-22)62-34-28(57-23(2)45)19-43(3)27(20-44)33(34)61-42-37(60-40(51)26-17-11-6-12-18-26)36(63-64(52,53)54)35(59-39(50)25-15-9-5-10-16-25)29(58-42)21-55-38(49)24-13-7-4-8-14-24;/h4-18,22,27-37,41-42,44,46-48H,19-21H2,1-3H3,(H,52,53,54);/q;+1/p-1/t22-,27+,28-,29+,30+,31+,32-,33+,34+,35-,36-,37+,41-,42-;/m0./s1. The van der Waals surface area contributed by atoms with Crippen molar-refractivity contribution < 1.29 is 124 Å². The van der Waals surface area contributed by atoms with Crippen LogP contribution in [0.15, 0.2) is 91.0 Å². The van der Waals surface area contributed by atoms with E-state index in [2.05, 4.69) is 0 Å². The summed E-state index contributed by atoms with van der Waals surface area (Å²) in [4.78, 5) is 54.8. The van der Waals surface area contributed by atoms with Crippen LogP contribution in [0.1, 0.15) is 44.9 Å². The van der Waals surface area contributed by atoms with Gasteiger partial charge in [0.25, 0.3) is 0 Å². The number of nitrogens with zero attached hydrogens (tertiary/aromatic N) is 1. The number of carbonyl (C=O) groups excluding carboxylic acids is 4. The van der Waals surface area contributed by atoms with Gasteiger partial charge in [-0.05, 0) is 50.4 Å². The summed E-state index contributed by atoms with van der Waals surface area (Å²) in [7, 11) is -4.30. The Morgan fingerprint density at radius 2 is 1.20 bits per heavy atom. The number of benzene rings is 3. The van der Waals surface area contributed by atoms with Gasteiger partial charge in [-0.25, -0.2) is 22.8 Å². The van der Waals surface area contributed by atoms with Gasteiger partial charge in [-0.2, -0.15) is 0 Å². The van der Waals surface area contributed by atoms with E-state index in [-0.39, 0.29) is 52.8 Å². The van der Waals surface area contributed by atoms with Crippen LogP contribution in [0.2, 0.25) is 0 Å². The van der Waals surface area contributed by atoms with Crippen molar-refractivity contribution in [1.29, 1.82) is 0 Å². The smallest absolute Gasteiger partial charge is 0.726 e. The van der Waals surface area contributed by atoms with Crippen molar-refractivity contribution in [2.24, 2.45) is 0 Å². The molecule has 348 valence electrons. The SMILES string of the molecule is CC(=O)O[C@H]1CN(C)[C@H](CO)[C@@H](O[C@@H]2O[C@H](COC(=O)c3ccccc3)[C@H](OC(=O)c3ccccc3)[C@H](OS(=O)(=O)[O-])[C@H]2OC(=O)c2ccccc2)[C@@H]1O[C@@H]1O[C@@H](C)[C@@H](O)[C@@H](O)[C@@H]1O.[Na+]. The number of ether oxygens (including phenoxy) is 8. The van der Waals surface area contributed by atoms with Crippen molar-refractivity contribution in [2.45, 2.75) is 99.6 Å². The first-order valence-electron chi connectivity index (χ1n) is 20.0. The summed E-state index contributed by atoms with van der Waals surface area (Å²) in [5.41, 5.74) is -0.0870. The van der Waals surface area contributed by atoms with Gasteiger partial charge in [-0.3, -0.25) is 13.9 Å². The molecule has 3 aliphatic heterocycles. The van der Waals surface area contributed by atoms with Gasteiger partial charge in [0.1, 0.15) is 49.3 Å². The van der Waals surface area contributed by atoms with Crippen molar-refractivity contribution in [3.05, 3.63) is 108 Å². The summed E-state index contributed by atoms with van der Waals surface area (Å²) < 4.78 is 90.4. The first-order chi connectivity index (χ1) is 30.4. The van der Waals surface area contributed by atoms with Crippen LogP contribution in [-0.4, -0.2) is 175 Å². The number of carbonyl (C=O) groups is 4. The molecule has 0 aliphatic carbocycles. The molecule has 3 fully saturated rings. The van der Waals surface area contributed by atoms with E-state index >= 15 is 0 Å². The Morgan fingerprint density at radius 3 is 1.71 bits per heavy atom. The van der Waals surface area contributed by atoms with E-state index in [4.69, 9.17) is 42.1 Å². The van der Waals surface area contributed by atoms with Gasteiger partial charge >= 0.3 is 53.4 Å². The Balaban J connectivity index is 0.00000793. The average Bonchev–Trinajstić information content (AvgIpc) is 3.27. The van der Waals surface area contributed by atoms with Crippen LogP contribution in [-0.2, 0) is 57.3 Å². The quantitative estimate of drug-likeness (QED) is 0.0382. The third-order valence-corrected chi connectivity index (χ3v) is 11.2. The Kier molecular flexibility index (Phi) is 18.6. The molecule has 4 N–H and O–H groups in total. The summed E-state index contributed by atoms with van der Waals surface area (Å²) in [5, 5.41) is 42.8. The number of hydrogen-bond donors (Lipinski definition) is 4. The van der Waals surface area contributed by atoms with E-state index < -0.39 is 133 Å². The molecule has 0 saturated carbocycles. The van der Waals surface area contributed by atoms with Crippen molar-refractivity contribution in [2.75, 3.05) is 26.8 Å². The van der Waals surface area contributed by atoms with Gasteiger partial charge in [0.15, 0.2) is 30.9 Å². The number of aliphatic hydroxyl groups excluding tert-OH is 4. The number of aliphatic hydroxyl groups is 4. The molecule has 3 saturated heterocycles. The molecule has 0 spiro atoms. The zero-order valence-corrected chi connectivity index (χ0v) is 38.4. The van der Waals surface area contributed by atoms with Gasteiger partial charge in [0, 0.05) is 13.5 Å². The molecule has 0 aromatic heterocycles. The second kappa shape index (κ2) is 23.2. The monoisotopic (exact) mass is 941 g/mol. The Hall–Kier alpha value is -3.95. The zero-order valence-electron chi connectivity index (χ0n) is 35.5. The van der Waals surface area contributed by atoms with E-state index in [0.717, 1.165) is 6.92 Å². The number of likely N-dealkylation sites (N-methyl/N-ethyl adjacent to an activating group) is 1. The van der Waals surface area contributed by atoms with E-state index in [1.54, 1.807) is 30.3 Å². The molecular weight excluding hydrogens is 894 g/mol. The molecule has 3 aliphatic rings. The number of piperidine rings is 1. The number of esters is 4. The topological polar surface area (TPSA) is 293 Å². The van der Waals surface area contributed by atoms with Crippen molar-refractivity contribution >= 4 is 34.3 Å². The van der Waals surface area contributed by atoms with Crippen LogP contribution in [0.5, 0.6) is 0 Å². The molecule has 3 aromatic carbocycles. The van der Waals surface area contributed by atoms with Crippen LogP contribution in [0, 0.1) is 0 Å². The summed E-state index contributed by atoms with van der Waals surface area (Å²) >= 11 is 0. The zero-order chi connectivity index (χ0) is 46.3. The molecule has 0 bridgehead atoms. The Morgan fingerprint density at radius 1 is 0.692 bits per heavy atom. The molecular formula is C42H48NNaO20S. The molecule has 23 heteroatoms. The third kappa shape index (κ3) is 13.1. The summed E-state index contributed by atoms with van der Waals surface area (Å²) in [6, 6.07) is 21.0. The van der Waals surface area contributed by atoms with Crippen molar-refractivity contribution in [3.8, 4) is 0 Å². The largest absolute Gasteiger partial charge is 1.00 e. The van der Waals surface area contributed by atoms with E-state index in [1.807, 2.05) is 0 Å². The maximum absolute atomic E-state index is 13.9. The number of rotatable bonds is 15. The van der Waals surface area contributed by atoms with E-state index in [0.29, 0.717) is 0 Å². The normalized spacial score (nSPS) is 31.7. The maximum atomic E-state index is 13.9. The van der Waals surface area contributed by atoms with Crippen molar-refractivity contribution in [1.82, 2.24) is 4.90 Å². The number of likely N-dealkylation sites (tertiary alicyclic amines) is 1. The third-order valence-electron chi connectivity index (χ3n) is 10.7. The van der Waals surface area contributed by atoms with Gasteiger partial charge in [0.2, 0.25) is 10.4 Å². The minimum atomic E-state index is -5.81. The number of hydrogen-bond acceptors (Lipinski definition) is 21. The fraction of sp³-hybridized carbons (Fsp3) is 0.476. The average molecular weight is 942 g/mol. The second-order valence-electron chi connectivity index (χ2n) is 15.2. The van der Waals surface area contributed by atoms with Crippen LogP contribution in [0.3, 0.4) is 0 Å². The van der Waals surface area contributed by atoms with Gasteiger partial charge < -0.3 is 62.9 Å². The van der Waals surface area contributed by atoms with Crippen LogP contribution in [0.4, 0.5) is 0 Å². The van der Waals surface area contributed by atoms with Crippen molar-refractivity contribution in [3.63, 3.8) is 0 Å². The molecule has 21 nitrogen and oxygen atoms in total. The van der Waals surface area contributed by atoms with Gasteiger partial charge in [-0.15, -0.1) is 0 Å². The predicted molar refractivity (Wildman–Crippen MR) is 212 cm³/mol. The van der Waals surface area contributed by atoms with Gasteiger partial charge in [-0.1, -0.05) is 54.6 Å². The molecule has 0 radical (unpaired) electrons. The predicted octanol–water partition coefficient (Wildman–Crippen LogP) is -3.30. The Bertz CT molecular complexity index is 2160.